The topological polar surface area (TPSA) is 118 Å². The predicted molar refractivity (Wildman–Crippen MR) is 127 cm³/mol. The Hall–Kier alpha value is -3.37. The molecule has 4 rings (SSSR count). The minimum absolute atomic E-state index is 0.000535. The maximum atomic E-state index is 13.4. The molecule has 0 saturated carbocycles. The average Bonchev–Trinajstić information content (AvgIpc) is 3.07. The maximum Gasteiger partial charge on any atom is 0.316 e. The van der Waals surface area contributed by atoms with Crippen LogP contribution < -0.4 is 10.3 Å². The summed E-state index contributed by atoms with van der Waals surface area (Å²) in [7, 11) is 1.44. The lowest BCUT2D eigenvalue weighted by molar-refractivity contribution is -0.136. The SMILES string of the molecule is COc1ccc(O)c(C(=O)c2cc(S[C@H](C)C(=O)O)c3nc4sc(C)c(C)c4c(=O)n3c2)c1. The summed E-state index contributed by atoms with van der Waals surface area (Å²) >= 11 is 2.38. The van der Waals surface area contributed by atoms with E-state index < -0.39 is 17.0 Å². The summed E-state index contributed by atoms with van der Waals surface area (Å²) in [6.45, 7) is 5.26. The van der Waals surface area contributed by atoms with Crippen LogP contribution in [0, 0.1) is 13.8 Å². The molecule has 0 aliphatic carbocycles. The van der Waals surface area contributed by atoms with E-state index >= 15 is 0 Å². The van der Waals surface area contributed by atoms with Gasteiger partial charge in [0, 0.05) is 16.6 Å². The Kier molecular flexibility index (Phi) is 5.89. The number of carboxylic acid groups (broad SMARTS) is 1. The fourth-order valence-corrected chi connectivity index (χ4v) is 5.36. The van der Waals surface area contributed by atoms with Gasteiger partial charge in [-0.1, -0.05) is 0 Å². The third kappa shape index (κ3) is 3.96. The van der Waals surface area contributed by atoms with Crippen molar-refractivity contribution in [2.45, 2.75) is 30.9 Å². The second kappa shape index (κ2) is 8.53. The first-order valence-electron chi connectivity index (χ1n) is 9.89. The van der Waals surface area contributed by atoms with Gasteiger partial charge >= 0.3 is 5.97 Å². The van der Waals surface area contributed by atoms with Crippen LogP contribution in [-0.2, 0) is 4.79 Å². The molecule has 33 heavy (non-hydrogen) atoms. The van der Waals surface area contributed by atoms with Gasteiger partial charge < -0.3 is 14.9 Å². The first-order valence-corrected chi connectivity index (χ1v) is 11.6. The first kappa shape index (κ1) is 22.8. The second-order valence-corrected chi connectivity index (χ2v) is 10.1. The molecule has 0 unspecified atom stereocenters. The van der Waals surface area contributed by atoms with Gasteiger partial charge in [0.05, 0.1) is 23.0 Å². The molecule has 0 radical (unpaired) electrons. The van der Waals surface area contributed by atoms with E-state index in [0.29, 0.717) is 20.9 Å². The molecule has 4 aromatic rings. The fraction of sp³-hybridized carbons (Fsp3) is 0.217. The predicted octanol–water partition coefficient (Wildman–Crippen LogP) is 4.04. The Morgan fingerprint density at radius 2 is 1.97 bits per heavy atom. The number of aromatic nitrogens is 2. The highest BCUT2D eigenvalue weighted by atomic mass is 32.2. The number of carbonyl (C=O) groups excluding carboxylic acids is 1. The molecule has 0 saturated heterocycles. The number of fused-ring (bicyclic) bond motifs is 2. The highest BCUT2D eigenvalue weighted by Crippen LogP contribution is 2.33. The first-order chi connectivity index (χ1) is 15.6. The zero-order valence-electron chi connectivity index (χ0n) is 18.2. The maximum absolute atomic E-state index is 13.4. The third-order valence-corrected chi connectivity index (χ3v) is 7.58. The van der Waals surface area contributed by atoms with Gasteiger partial charge in [0.25, 0.3) is 5.56 Å². The summed E-state index contributed by atoms with van der Waals surface area (Å²) in [5.41, 5.74) is 0.862. The number of rotatable bonds is 6. The number of ether oxygens (including phenoxy) is 1. The van der Waals surface area contributed by atoms with E-state index in [1.54, 1.807) is 0 Å². The quantitative estimate of drug-likeness (QED) is 0.311. The number of benzene rings is 1. The minimum Gasteiger partial charge on any atom is -0.507 e. The Balaban J connectivity index is 2.01. The van der Waals surface area contributed by atoms with Crippen LogP contribution in [-0.4, -0.2) is 43.7 Å². The molecule has 3 heterocycles. The van der Waals surface area contributed by atoms with Crippen molar-refractivity contribution >= 4 is 50.7 Å². The van der Waals surface area contributed by atoms with E-state index in [-0.39, 0.29) is 28.1 Å². The molecule has 170 valence electrons. The smallest absolute Gasteiger partial charge is 0.316 e. The number of phenolic OH excluding ortho intramolecular Hbond substituents is 1. The zero-order valence-corrected chi connectivity index (χ0v) is 19.8. The van der Waals surface area contributed by atoms with Crippen molar-refractivity contribution < 1.29 is 24.5 Å². The summed E-state index contributed by atoms with van der Waals surface area (Å²) in [5.74, 6) is -1.43. The number of ketones is 1. The number of carbonyl (C=O) groups is 2. The average molecular weight is 485 g/mol. The van der Waals surface area contributed by atoms with Crippen LogP contribution in [0.3, 0.4) is 0 Å². The number of pyridine rings is 1. The van der Waals surface area contributed by atoms with Gasteiger partial charge in [-0.05, 0) is 50.6 Å². The monoisotopic (exact) mass is 484 g/mol. The van der Waals surface area contributed by atoms with Crippen LogP contribution in [0.4, 0.5) is 0 Å². The zero-order chi connectivity index (χ0) is 24.0. The lowest BCUT2D eigenvalue weighted by Crippen LogP contribution is -2.19. The van der Waals surface area contributed by atoms with Gasteiger partial charge in [-0.15, -0.1) is 23.1 Å². The number of aryl methyl sites for hydroxylation is 2. The van der Waals surface area contributed by atoms with Gasteiger partial charge in [-0.3, -0.25) is 18.8 Å². The van der Waals surface area contributed by atoms with E-state index in [0.717, 1.165) is 22.2 Å². The van der Waals surface area contributed by atoms with Gasteiger partial charge in [0.2, 0.25) is 0 Å². The van der Waals surface area contributed by atoms with Gasteiger partial charge in [0.15, 0.2) is 11.4 Å². The molecule has 0 fully saturated rings. The van der Waals surface area contributed by atoms with Crippen LogP contribution >= 0.6 is 23.1 Å². The molecule has 10 heteroatoms. The molecular weight excluding hydrogens is 464 g/mol. The number of nitrogens with zero attached hydrogens (tertiary/aromatic N) is 2. The van der Waals surface area contributed by atoms with E-state index in [1.807, 2.05) is 13.8 Å². The third-order valence-electron chi connectivity index (χ3n) is 5.37. The molecule has 0 aliphatic rings. The van der Waals surface area contributed by atoms with Crippen molar-refractivity contribution in [3.63, 3.8) is 0 Å². The van der Waals surface area contributed by atoms with Gasteiger partial charge in [-0.25, -0.2) is 4.98 Å². The number of thiophene rings is 1. The Labute approximate surface area is 196 Å². The minimum atomic E-state index is -1.04. The summed E-state index contributed by atoms with van der Waals surface area (Å²) in [6, 6.07) is 5.79. The van der Waals surface area contributed by atoms with Crippen LogP contribution in [0.25, 0.3) is 15.9 Å². The molecule has 0 amide bonds. The van der Waals surface area contributed by atoms with Gasteiger partial charge in [-0.2, -0.15) is 0 Å². The van der Waals surface area contributed by atoms with Crippen molar-refractivity contribution in [1.82, 2.24) is 9.38 Å². The molecule has 0 spiro atoms. The van der Waals surface area contributed by atoms with Crippen LogP contribution in [0.15, 0.2) is 40.2 Å². The number of aromatic hydroxyl groups is 1. The molecule has 2 N–H and O–H groups in total. The standard InChI is InChI=1S/C23H20N2O6S2/c1-10-11(2)33-21-18(10)22(28)25-9-13(7-17(20(25)24-21)32-12(3)23(29)30)19(27)15-8-14(31-4)5-6-16(15)26/h5-9,12,26H,1-4H3,(H,29,30)/t12-/m1/s1. The normalized spacial score (nSPS) is 12.2. The van der Waals surface area contributed by atoms with Gasteiger partial charge in [0.1, 0.15) is 21.6 Å². The Morgan fingerprint density at radius 1 is 1.24 bits per heavy atom. The molecular formula is C23H20N2O6S2. The van der Waals surface area contributed by atoms with Crippen molar-refractivity contribution in [2.24, 2.45) is 0 Å². The van der Waals surface area contributed by atoms with E-state index in [9.17, 15) is 24.6 Å². The number of methoxy groups -OCH3 is 1. The number of hydrogen-bond acceptors (Lipinski definition) is 8. The Bertz CT molecular complexity index is 1500. The summed E-state index contributed by atoms with van der Waals surface area (Å²) in [5, 5.41) is 19.3. The lowest BCUT2D eigenvalue weighted by Gasteiger charge is -2.13. The van der Waals surface area contributed by atoms with Crippen molar-refractivity contribution in [3.05, 3.63) is 62.4 Å². The fourth-order valence-electron chi connectivity index (χ4n) is 3.41. The Morgan fingerprint density at radius 3 is 2.64 bits per heavy atom. The molecule has 0 bridgehead atoms. The number of thioether (sulfide) groups is 1. The second-order valence-electron chi connectivity index (χ2n) is 7.48. The molecule has 1 atom stereocenters. The van der Waals surface area contributed by atoms with Crippen molar-refractivity contribution in [1.29, 1.82) is 0 Å². The lowest BCUT2D eigenvalue weighted by atomic mass is 10.0. The summed E-state index contributed by atoms with van der Waals surface area (Å²) in [4.78, 5) is 44.7. The molecule has 3 aromatic heterocycles. The summed E-state index contributed by atoms with van der Waals surface area (Å²) < 4.78 is 6.44. The van der Waals surface area contributed by atoms with Crippen molar-refractivity contribution in [2.75, 3.05) is 7.11 Å². The number of hydrogen-bond donors (Lipinski definition) is 2. The number of phenols is 1. The highest BCUT2D eigenvalue weighted by Gasteiger charge is 2.23. The molecule has 8 nitrogen and oxygen atoms in total. The van der Waals surface area contributed by atoms with Crippen LogP contribution in [0.1, 0.15) is 33.3 Å². The molecule has 0 aliphatic heterocycles. The number of aliphatic carboxylic acids is 1. The van der Waals surface area contributed by atoms with Crippen LogP contribution in [0.5, 0.6) is 11.5 Å². The molecule has 1 aromatic carbocycles. The van der Waals surface area contributed by atoms with Crippen molar-refractivity contribution in [3.8, 4) is 11.5 Å². The van der Waals surface area contributed by atoms with E-state index in [2.05, 4.69) is 4.98 Å². The summed E-state index contributed by atoms with van der Waals surface area (Å²) in [6.07, 6.45) is 1.38. The largest absolute Gasteiger partial charge is 0.507 e. The van der Waals surface area contributed by atoms with E-state index in [1.165, 1.54) is 60.2 Å². The van der Waals surface area contributed by atoms with Crippen LogP contribution in [0.2, 0.25) is 0 Å². The number of carboxylic acids is 1. The highest BCUT2D eigenvalue weighted by molar-refractivity contribution is 8.00. The van der Waals surface area contributed by atoms with E-state index in [4.69, 9.17) is 4.74 Å².